The van der Waals surface area contributed by atoms with E-state index in [1.807, 2.05) is 22.7 Å². The normalized spacial score (nSPS) is 13.4. The van der Waals surface area contributed by atoms with E-state index in [4.69, 9.17) is 0 Å². The predicted molar refractivity (Wildman–Crippen MR) is 98.1 cm³/mol. The Hall–Kier alpha value is 0.357. The van der Waals surface area contributed by atoms with E-state index in [9.17, 15) is 0 Å². The molecule has 0 bridgehead atoms. The quantitative estimate of drug-likeness (QED) is 0.527. The monoisotopic (exact) mass is 374 g/mol. The van der Waals surface area contributed by atoms with Crippen molar-refractivity contribution in [3.8, 4) is 0 Å². The van der Waals surface area contributed by atoms with Gasteiger partial charge in [-0.05, 0) is 43.1 Å². The first-order valence-electron chi connectivity index (χ1n) is 6.98. The second kappa shape index (κ2) is 5.62. The molecule has 2 rings (SSSR count). The van der Waals surface area contributed by atoms with Gasteiger partial charge in [0.1, 0.15) is 8.07 Å². The van der Waals surface area contributed by atoms with Gasteiger partial charge in [0, 0.05) is 14.6 Å². The van der Waals surface area contributed by atoms with Crippen molar-refractivity contribution in [2.24, 2.45) is 0 Å². The first-order valence-corrected chi connectivity index (χ1v) is 11.7. The van der Waals surface area contributed by atoms with E-state index in [0.29, 0.717) is 0 Å². The Balaban J connectivity index is 2.66. The summed E-state index contributed by atoms with van der Waals surface area (Å²) in [4.78, 5) is 0. The Kier molecular flexibility index (Phi) is 4.66. The largest absolute Gasteiger partial charge is 0.143 e. The van der Waals surface area contributed by atoms with Crippen molar-refractivity contribution >= 4 is 60.6 Å². The lowest BCUT2D eigenvalue weighted by Gasteiger charge is -2.42. The van der Waals surface area contributed by atoms with Crippen LogP contribution >= 0.6 is 38.6 Å². The van der Waals surface area contributed by atoms with E-state index in [2.05, 4.69) is 68.9 Å². The van der Waals surface area contributed by atoms with Crippen LogP contribution in [0.25, 0.3) is 9.40 Å². The van der Waals surface area contributed by atoms with Crippen molar-refractivity contribution in [3.63, 3.8) is 0 Å². The Morgan fingerprint density at radius 2 is 1.53 bits per heavy atom. The van der Waals surface area contributed by atoms with Crippen molar-refractivity contribution in [2.75, 3.05) is 0 Å². The molecule has 0 nitrogen and oxygen atoms in total. The van der Waals surface area contributed by atoms with E-state index >= 15 is 0 Å². The van der Waals surface area contributed by atoms with E-state index < -0.39 is 8.07 Å². The van der Waals surface area contributed by atoms with Gasteiger partial charge in [-0.25, -0.2) is 0 Å². The lowest BCUT2D eigenvalue weighted by atomic mass is 10.5. The minimum absolute atomic E-state index is 0.791. The molecule has 2 aromatic rings. The molecule has 0 unspecified atom stereocenters. The van der Waals surface area contributed by atoms with Crippen LogP contribution in [0.4, 0.5) is 0 Å². The summed E-state index contributed by atoms with van der Waals surface area (Å²) in [6, 6.07) is 2.50. The fraction of sp³-hybridized carbons (Fsp3) is 0.600. The van der Waals surface area contributed by atoms with Gasteiger partial charge in [-0.1, -0.05) is 41.5 Å². The highest BCUT2D eigenvalue weighted by Crippen LogP contribution is 2.44. The van der Waals surface area contributed by atoms with Crippen molar-refractivity contribution in [3.05, 3.63) is 15.9 Å². The third-order valence-corrected chi connectivity index (χ3v) is 15.8. The second-order valence-corrected chi connectivity index (χ2v) is 15.3. The van der Waals surface area contributed by atoms with Crippen molar-refractivity contribution in [1.82, 2.24) is 0 Å². The van der Waals surface area contributed by atoms with Crippen LogP contribution in [0.2, 0.25) is 16.6 Å². The summed E-state index contributed by atoms with van der Waals surface area (Å²) < 4.78 is 5.91. The van der Waals surface area contributed by atoms with Crippen molar-refractivity contribution in [1.29, 1.82) is 0 Å². The summed E-state index contributed by atoms with van der Waals surface area (Å²) in [5, 5.41) is 2.22. The van der Waals surface area contributed by atoms with Crippen molar-refractivity contribution in [2.45, 2.75) is 58.2 Å². The number of fused-ring (bicyclic) bond motifs is 1. The van der Waals surface area contributed by atoms with Gasteiger partial charge in [-0.2, -0.15) is 0 Å². The molecule has 19 heavy (non-hydrogen) atoms. The maximum atomic E-state index is 3.69. The third kappa shape index (κ3) is 2.39. The first kappa shape index (κ1) is 15.7. The highest BCUT2D eigenvalue weighted by atomic mass is 79.9. The maximum absolute atomic E-state index is 3.69. The lowest BCUT2D eigenvalue weighted by molar-refractivity contribution is 0.837. The van der Waals surface area contributed by atoms with Crippen LogP contribution in [0.5, 0.6) is 0 Å². The molecule has 0 saturated heterocycles. The average molecular weight is 375 g/mol. The van der Waals surface area contributed by atoms with Crippen LogP contribution in [0.3, 0.4) is 0 Å². The molecule has 0 saturated carbocycles. The van der Waals surface area contributed by atoms with Gasteiger partial charge in [0.25, 0.3) is 0 Å². The average Bonchev–Trinajstić information content (AvgIpc) is 2.81. The third-order valence-electron chi connectivity index (χ3n) is 4.50. The second-order valence-electron chi connectivity index (χ2n) is 6.28. The van der Waals surface area contributed by atoms with Crippen LogP contribution in [0.15, 0.2) is 15.9 Å². The van der Waals surface area contributed by atoms with Crippen LogP contribution in [-0.2, 0) is 0 Å². The number of hydrogen-bond donors (Lipinski definition) is 0. The van der Waals surface area contributed by atoms with E-state index in [1.54, 1.807) is 4.50 Å². The maximum Gasteiger partial charge on any atom is 0.107 e. The highest BCUT2D eigenvalue weighted by Gasteiger charge is 2.45. The SMILES string of the molecule is CC(C)[Si](c1cc2scc(Br)c2s1)(C(C)C)C(C)C. The molecule has 0 spiro atoms. The molecule has 4 heteroatoms. The molecule has 0 aliphatic heterocycles. The zero-order chi connectivity index (χ0) is 14.4. The summed E-state index contributed by atoms with van der Waals surface area (Å²) >= 11 is 7.61. The fourth-order valence-corrected chi connectivity index (χ4v) is 16.0. The summed E-state index contributed by atoms with van der Waals surface area (Å²) in [6.07, 6.45) is 0. The molecule has 0 fully saturated rings. The van der Waals surface area contributed by atoms with Crippen LogP contribution in [0, 0.1) is 0 Å². The van der Waals surface area contributed by atoms with Gasteiger partial charge in [0.05, 0.1) is 4.70 Å². The van der Waals surface area contributed by atoms with E-state index in [1.165, 1.54) is 13.9 Å². The molecule has 0 atom stereocenters. The Labute approximate surface area is 134 Å². The Morgan fingerprint density at radius 1 is 1.00 bits per heavy atom. The van der Waals surface area contributed by atoms with Crippen LogP contribution in [0.1, 0.15) is 41.5 Å². The van der Waals surface area contributed by atoms with Gasteiger partial charge in [0.2, 0.25) is 0 Å². The van der Waals surface area contributed by atoms with E-state index in [0.717, 1.165) is 16.6 Å². The molecule has 0 radical (unpaired) electrons. The van der Waals surface area contributed by atoms with E-state index in [-0.39, 0.29) is 0 Å². The smallest absolute Gasteiger partial charge is 0.107 e. The molecule has 106 valence electrons. The molecule has 2 aromatic heterocycles. The molecule has 0 aromatic carbocycles. The molecular weight excluding hydrogens is 352 g/mol. The molecule has 0 N–H and O–H groups in total. The Morgan fingerprint density at radius 3 is 1.95 bits per heavy atom. The molecule has 0 aliphatic rings. The number of hydrogen-bond acceptors (Lipinski definition) is 2. The molecular formula is C15H23BrS2Si. The Bertz CT molecular complexity index is 544. The zero-order valence-electron chi connectivity index (χ0n) is 12.6. The van der Waals surface area contributed by atoms with Crippen molar-refractivity contribution < 1.29 is 0 Å². The first-order chi connectivity index (χ1) is 8.81. The zero-order valence-corrected chi connectivity index (χ0v) is 16.8. The lowest BCUT2D eigenvalue weighted by Crippen LogP contribution is -2.54. The van der Waals surface area contributed by atoms with Gasteiger partial charge in [0.15, 0.2) is 0 Å². The molecule has 0 aliphatic carbocycles. The van der Waals surface area contributed by atoms with Gasteiger partial charge >= 0.3 is 0 Å². The molecule has 0 amide bonds. The van der Waals surface area contributed by atoms with Crippen LogP contribution in [-0.4, -0.2) is 8.07 Å². The summed E-state index contributed by atoms with van der Waals surface area (Å²) in [7, 11) is -1.47. The predicted octanol–water partition coefficient (Wildman–Crippen LogP) is 6.61. The summed E-state index contributed by atoms with van der Waals surface area (Å²) in [5.74, 6) is 0. The van der Waals surface area contributed by atoms with Gasteiger partial charge < -0.3 is 0 Å². The topological polar surface area (TPSA) is 0 Å². The minimum Gasteiger partial charge on any atom is -0.143 e. The highest BCUT2D eigenvalue weighted by molar-refractivity contribution is 9.10. The fourth-order valence-electron chi connectivity index (χ4n) is 3.86. The number of halogens is 1. The molecule has 2 heterocycles. The standard InChI is InChI=1S/C15H23BrS2Si/c1-9(2)19(10(3)4,11(5)6)14-7-13-15(18-14)12(16)8-17-13/h7-11H,1-6H3. The number of rotatable bonds is 4. The summed E-state index contributed by atoms with van der Waals surface area (Å²) in [5.41, 5.74) is 2.37. The summed E-state index contributed by atoms with van der Waals surface area (Å²) in [6.45, 7) is 14.6. The van der Waals surface area contributed by atoms with Gasteiger partial charge in [-0.15, -0.1) is 22.7 Å². The van der Waals surface area contributed by atoms with Gasteiger partial charge in [-0.3, -0.25) is 0 Å². The minimum atomic E-state index is -1.47. The van der Waals surface area contributed by atoms with Crippen LogP contribution < -0.4 is 4.50 Å². The number of thiophene rings is 2.